The Morgan fingerprint density at radius 2 is 2.18 bits per heavy atom. The summed E-state index contributed by atoms with van der Waals surface area (Å²) in [4.78, 5) is 4.21. The third-order valence-electron chi connectivity index (χ3n) is 2.79. The quantitative estimate of drug-likeness (QED) is 0.674. The Morgan fingerprint density at radius 3 is 2.65 bits per heavy atom. The molecule has 1 heterocycles. The van der Waals surface area contributed by atoms with Gasteiger partial charge in [0.15, 0.2) is 0 Å². The molecule has 90 valence electrons. The van der Waals surface area contributed by atoms with Crippen molar-refractivity contribution >= 4 is 0 Å². The zero-order chi connectivity index (χ0) is 12.7. The summed E-state index contributed by atoms with van der Waals surface area (Å²) in [5, 5.41) is 0. The van der Waals surface area contributed by atoms with Crippen LogP contribution in [0.1, 0.15) is 32.3 Å². The van der Waals surface area contributed by atoms with Crippen LogP contribution in [0.3, 0.4) is 0 Å². The Bertz CT molecular complexity index is 399. The first-order valence-corrected chi connectivity index (χ1v) is 6.06. The molecule has 0 radical (unpaired) electrons. The highest BCUT2D eigenvalue weighted by atomic mass is 14.6. The highest BCUT2D eigenvalue weighted by Gasteiger charge is 2.18. The molecular weight excluding hydrogens is 206 g/mol. The lowest BCUT2D eigenvalue weighted by atomic mass is 9.82. The highest BCUT2D eigenvalue weighted by Crippen LogP contribution is 2.31. The molecule has 0 aliphatic heterocycles. The van der Waals surface area contributed by atoms with E-state index in [0.717, 1.165) is 0 Å². The smallest absolute Gasteiger partial charge is 0.0306 e. The molecule has 1 aromatic rings. The highest BCUT2D eigenvalue weighted by molar-refractivity contribution is 5.35. The molecule has 0 N–H and O–H groups in total. The van der Waals surface area contributed by atoms with Gasteiger partial charge in [0.25, 0.3) is 0 Å². The molecule has 1 heteroatoms. The fraction of sp³-hybridized carbons (Fsp3) is 0.312. The average Bonchev–Trinajstić information content (AvgIpc) is 2.35. The van der Waals surface area contributed by atoms with Crippen molar-refractivity contribution < 1.29 is 0 Å². The van der Waals surface area contributed by atoms with E-state index in [1.165, 1.54) is 11.1 Å². The molecule has 0 fully saturated rings. The molecule has 0 bridgehead atoms. The van der Waals surface area contributed by atoms with Gasteiger partial charge in [0.2, 0.25) is 0 Å². The van der Waals surface area contributed by atoms with E-state index in [-0.39, 0.29) is 0 Å². The summed E-state index contributed by atoms with van der Waals surface area (Å²) in [6, 6.07) is 4.12. The van der Waals surface area contributed by atoms with Crippen molar-refractivity contribution in [3.63, 3.8) is 0 Å². The van der Waals surface area contributed by atoms with E-state index in [1.807, 2.05) is 37.5 Å². The second kappa shape index (κ2) is 6.85. The predicted molar refractivity (Wildman–Crippen MR) is 74.9 cm³/mol. The minimum absolute atomic E-state index is 0.359. The number of hydrogen-bond acceptors (Lipinski definition) is 1. The second-order valence-electron chi connectivity index (χ2n) is 4.40. The van der Waals surface area contributed by atoms with Crippen LogP contribution in [-0.4, -0.2) is 4.98 Å². The van der Waals surface area contributed by atoms with Gasteiger partial charge in [-0.2, -0.15) is 0 Å². The van der Waals surface area contributed by atoms with E-state index in [4.69, 9.17) is 0 Å². The van der Waals surface area contributed by atoms with Crippen LogP contribution in [0.15, 0.2) is 61.0 Å². The van der Waals surface area contributed by atoms with E-state index in [1.54, 1.807) is 0 Å². The van der Waals surface area contributed by atoms with Crippen molar-refractivity contribution in [1.29, 1.82) is 0 Å². The van der Waals surface area contributed by atoms with E-state index in [2.05, 4.69) is 43.6 Å². The molecule has 1 aromatic heterocycles. The van der Waals surface area contributed by atoms with Crippen LogP contribution in [0, 0.1) is 5.92 Å². The third-order valence-corrected chi connectivity index (χ3v) is 2.79. The zero-order valence-corrected chi connectivity index (χ0v) is 10.9. The monoisotopic (exact) mass is 227 g/mol. The van der Waals surface area contributed by atoms with Crippen molar-refractivity contribution in [2.75, 3.05) is 0 Å². The molecule has 0 aliphatic carbocycles. The van der Waals surface area contributed by atoms with Crippen LogP contribution in [0.5, 0.6) is 0 Å². The normalized spacial score (nSPS) is 14.2. The lowest BCUT2D eigenvalue weighted by Gasteiger charge is -2.22. The molecule has 0 spiro atoms. The third kappa shape index (κ3) is 3.70. The van der Waals surface area contributed by atoms with Crippen molar-refractivity contribution in [3.05, 3.63) is 66.5 Å². The van der Waals surface area contributed by atoms with E-state index in [9.17, 15) is 0 Å². The molecule has 0 saturated heterocycles. The molecule has 0 amide bonds. The van der Waals surface area contributed by atoms with Crippen LogP contribution in [-0.2, 0) is 0 Å². The maximum Gasteiger partial charge on any atom is 0.0306 e. The van der Waals surface area contributed by atoms with Gasteiger partial charge < -0.3 is 0 Å². The summed E-state index contributed by atoms with van der Waals surface area (Å²) >= 11 is 0. The largest absolute Gasteiger partial charge is 0.264 e. The molecule has 0 aromatic carbocycles. The van der Waals surface area contributed by atoms with E-state index >= 15 is 0 Å². The fourth-order valence-electron chi connectivity index (χ4n) is 2.03. The van der Waals surface area contributed by atoms with E-state index in [0.29, 0.717) is 11.8 Å². The maximum atomic E-state index is 4.21. The summed E-state index contributed by atoms with van der Waals surface area (Å²) in [5.74, 6) is 0.881. The molecule has 1 rings (SSSR count). The molecule has 17 heavy (non-hydrogen) atoms. The van der Waals surface area contributed by atoms with Gasteiger partial charge >= 0.3 is 0 Å². The van der Waals surface area contributed by atoms with Crippen molar-refractivity contribution in [1.82, 2.24) is 4.98 Å². The van der Waals surface area contributed by atoms with Gasteiger partial charge in [-0.25, -0.2) is 0 Å². The lowest BCUT2D eigenvalue weighted by molar-refractivity contribution is 0.561. The summed E-state index contributed by atoms with van der Waals surface area (Å²) in [7, 11) is 0. The topological polar surface area (TPSA) is 12.9 Å². The number of nitrogens with zero attached hydrogens (tertiary/aromatic N) is 1. The summed E-state index contributed by atoms with van der Waals surface area (Å²) in [6.07, 6.45) is 11.9. The van der Waals surface area contributed by atoms with E-state index < -0.39 is 0 Å². The number of pyridine rings is 1. The van der Waals surface area contributed by atoms with Gasteiger partial charge in [0.1, 0.15) is 0 Å². The van der Waals surface area contributed by atoms with Gasteiger partial charge in [-0.15, -0.1) is 0 Å². The Hall–Kier alpha value is -1.63. The van der Waals surface area contributed by atoms with Crippen LogP contribution in [0.2, 0.25) is 0 Å². The summed E-state index contributed by atoms with van der Waals surface area (Å²) < 4.78 is 0. The molecular formula is C16H21N. The first-order valence-electron chi connectivity index (χ1n) is 6.06. The maximum absolute atomic E-state index is 4.21. The average molecular weight is 227 g/mol. The zero-order valence-electron chi connectivity index (χ0n) is 10.9. The Kier molecular flexibility index (Phi) is 5.41. The van der Waals surface area contributed by atoms with Gasteiger partial charge in [-0.1, -0.05) is 50.8 Å². The SMILES string of the molecule is C=C/C(=C\C=C/C)C(c1cccnc1)C(C)C. The summed E-state index contributed by atoms with van der Waals surface area (Å²) in [6.45, 7) is 10.4. The molecule has 0 aliphatic rings. The number of rotatable bonds is 5. The number of allylic oxidation sites excluding steroid dienone is 5. The number of aromatic nitrogens is 1. The number of hydrogen-bond donors (Lipinski definition) is 0. The van der Waals surface area contributed by atoms with Crippen LogP contribution >= 0.6 is 0 Å². The molecule has 1 unspecified atom stereocenters. The molecule has 1 nitrogen and oxygen atoms in total. The first kappa shape index (κ1) is 13.4. The van der Waals surface area contributed by atoms with Crippen molar-refractivity contribution in [2.45, 2.75) is 26.7 Å². The first-order chi connectivity index (χ1) is 8.20. The summed E-state index contributed by atoms with van der Waals surface area (Å²) in [5.41, 5.74) is 2.49. The van der Waals surface area contributed by atoms with Crippen molar-refractivity contribution in [3.8, 4) is 0 Å². The van der Waals surface area contributed by atoms with Crippen LogP contribution < -0.4 is 0 Å². The van der Waals surface area contributed by atoms with Gasteiger partial charge in [0.05, 0.1) is 0 Å². The van der Waals surface area contributed by atoms with Gasteiger partial charge in [-0.05, 0) is 30.0 Å². The Morgan fingerprint density at radius 1 is 1.41 bits per heavy atom. The standard InChI is InChI=1S/C16H21N/c1-5-7-9-14(6-2)16(13(3)4)15-10-8-11-17-12-15/h5-13,16H,2H2,1,3-4H3/b7-5-,14-9+. The lowest BCUT2D eigenvalue weighted by Crippen LogP contribution is -2.09. The van der Waals surface area contributed by atoms with Gasteiger partial charge in [0, 0.05) is 18.3 Å². The molecule has 0 saturated carbocycles. The van der Waals surface area contributed by atoms with Crippen LogP contribution in [0.25, 0.3) is 0 Å². The molecule has 1 atom stereocenters. The second-order valence-corrected chi connectivity index (χ2v) is 4.40. The predicted octanol–water partition coefficient (Wildman–Crippen LogP) is 4.51. The Labute approximate surface area is 105 Å². The minimum Gasteiger partial charge on any atom is -0.264 e. The minimum atomic E-state index is 0.359. The van der Waals surface area contributed by atoms with Crippen LogP contribution in [0.4, 0.5) is 0 Å². The Balaban J connectivity index is 3.13. The van der Waals surface area contributed by atoms with Crippen molar-refractivity contribution in [2.24, 2.45) is 5.92 Å². The van der Waals surface area contributed by atoms with Gasteiger partial charge in [-0.3, -0.25) is 4.98 Å². The fourth-order valence-corrected chi connectivity index (χ4v) is 2.03.